The molecule has 0 unspecified atom stereocenters. The van der Waals surface area contributed by atoms with Gasteiger partial charge in [0.25, 0.3) is 0 Å². The van der Waals surface area contributed by atoms with Gasteiger partial charge in [-0.25, -0.2) is 9.18 Å². The third-order valence-corrected chi connectivity index (χ3v) is 3.46. The van der Waals surface area contributed by atoms with Crippen LogP contribution >= 0.6 is 0 Å². The molecule has 0 aromatic heterocycles. The lowest BCUT2D eigenvalue weighted by Crippen LogP contribution is -2.17. The van der Waals surface area contributed by atoms with Gasteiger partial charge in [-0.05, 0) is 31.2 Å². The van der Waals surface area contributed by atoms with Gasteiger partial charge in [0.2, 0.25) is 0 Å². The summed E-state index contributed by atoms with van der Waals surface area (Å²) >= 11 is 0. The van der Waals surface area contributed by atoms with Crippen LogP contribution in [0.4, 0.5) is 30.7 Å². The molecular formula is C18H13F7O5. The van der Waals surface area contributed by atoms with Crippen LogP contribution < -0.4 is 14.2 Å². The molecule has 0 heterocycles. The van der Waals surface area contributed by atoms with Crippen LogP contribution in [0.1, 0.15) is 22.8 Å². The van der Waals surface area contributed by atoms with E-state index in [1.165, 1.54) is 6.92 Å². The summed E-state index contributed by atoms with van der Waals surface area (Å²) in [6.45, 7) is 1.26. The lowest BCUT2D eigenvalue weighted by molar-refractivity contribution is -0.274. The molecule has 2 aromatic carbocycles. The third kappa shape index (κ3) is 5.67. The molecule has 0 amide bonds. The molecule has 2 aromatic rings. The molecule has 0 spiro atoms. The van der Waals surface area contributed by atoms with Crippen molar-refractivity contribution in [2.45, 2.75) is 19.5 Å². The Hall–Kier alpha value is -3.18. The third-order valence-electron chi connectivity index (χ3n) is 3.46. The Balaban J connectivity index is 2.53. The van der Waals surface area contributed by atoms with Crippen LogP contribution in [0.3, 0.4) is 0 Å². The van der Waals surface area contributed by atoms with Gasteiger partial charge >= 0.3 is 18.5 Å². The number of alkyl halides is 6. The molecule has 0 N–H and O–H groups in total. The number of halogens is 7. The molecule has 0 aliphatic rings. The second kappa shape index (κ2) is 8.67. The summed E-state index contributed by atoms with van der Waals surface area (Å²) in [5.41, 5.74) is -2.39. The van der Waals surface area contributed by atoms with Gasteiger partial charge in [0.1, 0.15) is 22.9 Å². The van der Waals surface area contributed by atoms with Gasteiger partial charge in [-0.15, -0.1) is 13.2 Å². The van der Waals surface area contributed by atoms with E-state index in [1.54, 1.807) is 0 Å². The number of carbonyl (C=O) groups excluding carboxylic acids is 1. The second-order valence-electron chi connectivity index (χ2n) is 5.51. The minimum absolute atomic E-state index is 0.159. The van der Waals surface area contributed by atoms with Crippen molar-refractivity contribution in [2.75, 3.05) is 13.7 Å². The Bertz CT molecular complexity index is 922. The molecular weight excluding hydrogens is 429 g/mol. The number of esters is 1. The van der Waals surface area contributed by atoms with Gasteiger partial charge in [0.05, 0.1) is 19.3 Å². The number of carbonyl (C=O) groups is 1. The maximum atomic E-state index is 13.9. The van der Waals surface area contributed by atoms with Crippen LogP contribution in [0.15, 0.2) is 30.3 Å². The fourth-order valence-electron chi connectivity index (χ4n) is 2.27. The molecule has 2 rings (SSSR count). The molecule has 30 heavy (non-hydrogen) atoms. The zero-order chi connectivity index (χ0) is 22.7. The maximum Gasteiger partial charge on any atom is 0.573 e. The van der Waals surface area contributed by atoms with Crippen molar-refractivity contribution < 1.29 is 54.5 Å². The Morgan fingerprint density at radius 3 is 2.17 bits per heavy atom. The highest BCUT2D eigenvalue weighted by Gasteiger charge is 2.36. The molecule has 0 bridgehead atoms. The molecule has 164 valence electrons. The van der Waals surface area contributed by atoms with E-state index in [0.29, 0.717) is 6.07 Å². The van der Waals surface area contributed by atoms with E-state index in [-0.39, 0.29) is 24.2 Å². The van der Waals surface area contributed by atoms with Crippen LogP contribution in [0.25, 0.3) is 0 Å². The standard InChI is InChI=1S/C18H13F7O5/c1-3-28-16(26)10-7-12(19)11(17(20,21)22)8-14(10)29-13-5-4-9(6-15(13)27-2)30-18(23,24)25/h4-8H,3H2,1-2H3. The molecule has 12 heteroatoms. The highest BCUT2D eigenvalue weighted by molar-refractivity contribution is 5.93. The molecule has 0 aliphatic heterocycles. The summed E-state index contributed by atoms with van der Waals surface area (Å²) < 4.78 is 109. The average Bonchev–Trinajstić information content (AvgIpc) is 2.61. The van der Waals surface area contributed by atoms with Gasteiger partial charge in [-0.2, -0.15) is 13.2 Å². The first-order valence-corrected chi connectivity index (χ1v) is 8.05. The molecule has 5 nitrogen and oxygen atoms in total. The van der Waals surface area contributed by atoms with E-state index < -0.39 is 47.0 Å². The summed E-state index contributed by atoms with van der Waals surface area (Å²) in [6.07, 6.45) is -10.1. The van der Waals surface area contributed by atoms with E-state index in [9.17, 15) is 35.5 Å². The van der Waals surface area contributed by atoms with E-state index in [0.717, 1.165) is 25.3 Å². The maximum absolute atomic E-state index is 13.9. The molecule has 0 fully saturated rings. The number of rotatable bonds is 6. The van der Waals surface area contributed by atoms with E-state index in [4.69, 9.17) is 9.47 Å². The summed E-state index contributed by atoms with van der Waals surface area (Å²) in [4.78, 5) is 12.0. The SMILES string of the molecule is CCOC(=O)c1cc(F)c(C(F)(F)F)cc1Oc1ccc(OC(F)(F)F)cc1OC. The molecule has 0 saturated carbocycles. The number of benzene rings is 2. The van der Waals surface area contributed by atoms with Crippen molar-refractivity contribution in [3.63, 3.8) is 0 Å². The minimum atomic E-state index is -5.11. The van der Waals surface area contributed by atoms with Crippen molar-refractivity contribution in [3.8, 4) is 23.0 Å². The van der Waals surface area contributed by atoms with Crippen LogP contribution in [0, 0.1) is 5.82 Å². The number of hydrogen-bond acceptors (Lipinski definition) is 5. The summed E-state index contributed by atoms with van der Waals surface area (Å²) in [5, 5.41) is 0. The van der Waals surface area contributed by atoms with Crippen LogP contribution in [0.5, 0.6) is 23.0 Å². The molecule has 0 atom stereocenters. The Morgan fingerprint density at radius 1 is 0.967 bits per heavy atom. The van der Waals surface area contributed by atoms with E-state index >= 15 is 0 Å². The highest BCUT2D eigenvalue weighted by atomic mass is 19.4. The Morgan fingerprint density at radius 2 is 1.63 bits per heavy atom. The second-order valence-corrected chi connectivity index (χ2v) is 5.51. The van der Waals surface area contributed by atoms with Crippen molar-refractivity contribution in [2.24, 2.45) is 0 Å². The number of ether oxygens (including phenoxy) is 4. The quantitative estimate of drug-likeness (QED) is 0.423. The fourth-order valence-corrected chi connectivity index (χ4v) is 2.27. The highest BCUT2D eigenvalue weighted by Crippen LogP contribution is 2.40. The van der Waals surface area contributed by atoms with Gasteiger partial charge in [0.15, 0.2) is 11.5 Å². The number of hydrogen-bond donors (Lipinski definition) is 0. The van der Waals surface area contributed by atoms with Gasteiger partial charge in [-0.3, -0.25) is 0 Å². The van der Waals surface area contributed by atoms with Crippen LogP contribution in [-0.2, 0) is 10.9 Å². The predicted octanol–water partition coefficient (Wildman–Crippen LogP) is 5.72. The van der Waals surface area contributed by atoms with Crippen LogP contribution in [0.2, 0.25) is 0 Å². The molecule has 0 saturated heterocycles. The normalized spacial score (nSPS) is 11.8. The summed E-state index contributed by atoms with van der Waals surface area (Å²) in [7, 11) is 1.05. The minimum Gasteiger partial charge on any atom is -0.493 e. The largest absolute Gasteiger partial charge is 0.573 e. The Labute approximate surface area is 164 Å². The summed E-state index contributed by atoms with van der Waals surface area (Å²) in [6, 6.07) is 3.01. The Kier molecular flexibility index (Phi) is 6.68. The summed E-state index contributed by atoms with van der Waals surface area (Å²) in [5.74, 6) is -5.06. The number of methoxy groups -OCH3 is 1. The van der Waals surface area contributed by atoms with E-state index in [1.807, 2.05) is 0 Å². The first-order valence-electron chi connectivity index (χ1n) is 8.05. The van der Waals surface area contributed by atoms with Crippen molar-refractivity contribution in [1.29, 1.82) is 0 Å². The van der Waals surface area contributed by atoms with Gasteiger partial charge in [-0.1, -0.05) is 0 Å². The zero-order valence-electron chi connectivity index (χ0n) is 15.3. The average molecular weight is 442 g/mol. The molecule has 0 aliphatic carbocycles. The van der Waals surface area contributed by atoms with E-state index in [2.05, 4.69) is 9.47 Å². The lowest BCUT2D eigenvalue weighted by atomic mass is 10.1. The zero-order valence-corrected chi connectivity index (χ0v) is 15.3. The first kappa shape index (κ1) is 23.1. The fraction of sp³-hybridized carbons (Fsp3) is 0.278. The smallest absolute Gasteiger partial charge is 0.493 e. The van der Waals surface area contributed by atoms with Crippen LogP contribution in [-0.4, -0.2) is 26.0 Å². The topological polar surface area (TPSA) is 54.0 Å². The lowest BCUT2D eigenvalue weighted by Gasteiger charge is -2.17. The van der Waals surface area contributed by atoms with Gasteiger partial charge < -0.3 is 18.9 Å². The van der Waals surface area contributed by atoms with Crippen molar-refractivity contribution in [3.05, 3.63) is 47.3 Å². The first-order chi connectivity index (χ1) is 13.9. The van der Waals surface area contributed by atoms with Crippen molar-refractivity contribution in [1.82, 2.24) is 0 Å². The van der Waals surface area contributed by atoms with Gasteiger partial charge in [0, 0.05) is 6.07 Å². The monoisotopic (exact) mass is 442 g/mol. The molecule has 0 radical (unpaired) electrons. The predicted molar refractivity (Wildman–Crippen MR) is 87.1 cm³/mol. The van der Waals surface area contributed by atoms with Crippen molar-refractivity contribution >= 4 is 5.97 Å².